The number of carbonyl (C=O) groups excluding carboxylic acids is 1. The van der Waals surface area contributed by atoms with Crippen LogP contribution in [0.2, 0.25) is 0 Å². The number of aromatic nitrogens is 1. The van der Waals surface area contributed by atoms with Crippen molar-refractivity contribution in [2.75, 3.05) is 44.2 Å². The lowest BCUT2D eigenvalue weighted by Gasteiger charge is -2.38. The zero-order chi connectivity index (χ0) is 22.0. The van der Waals surface area contributed by atoms with Crippen LogP contribution in [0.4, 0.5) is 0 Å². The van der Waals surface area contributed by atoms with Crippen molar-refractivity contribution in [1.29, 1.82) is 0 Å². The molecule has 2 aromatic rings. The Labute approximate surface area is 189 Å². The molecule has 170 valence electrons. The Kier molecular flexibility index (Phi) is 6.95. The second kappa shape index (κ2) is 9.52. The first-order valence-corrected chi connectivity index (χ1v) is 13.8. The minimum atomic E-state index is -3.01. The maximum absolute atomic E-state index is 13.1. The number of hydrogen-bond acceptors (Lipinski definition) is 7. The fourth-order valence-electron chi connectivity index (χ4n) is 4.56. The summed E-state index contributed by atoms with van der Waals surface area (Å²) in [5, 5.41) is 1.14. The highest BCUT2D eigenvalue weighted by molar-refractivity contribution is 7.91. The van der Waals surface area contributed by atoms with Gasteiger partial charge in [-0.15, -0.1) is 11.3 Å². The second-order valence-corrected chi connectivity index (χ2v) is 12.1. The van der Waals surface area contributed by atoms with E-state index in [1.807, 2.05) is 24.0 Å². The molecule has 0 radical (unpaired) electrons. The summed E-state index contributed by atoms with van der Waals surface area (Å²) in [5.74, 6) is 0.373. The quantitative estimate of drug-likeness (QED) is 0.626. The Morgan fingerprint density at radius 1 is 1.23 bits per heavy atom. The molecule has 31 heavy (non-hydrogen) atoms. The van der Waals surface area contributed by atoms with E-state index in [4.69, 9.17) is 4.98 Å². The standard InChI is InChI=1S/C22H32N4O3S2/c1-3-17(2)26(18-8-13-31(28,29)16-18)22(27)15-25-11-9-24(10-12-25)14-21-23-19-6-4-5-7-20(19)30-21/h4-7,17-18H,3,8-16H2,1-2H3/t17-,18-/m0/s1. The molecule has 3 heterocycles. The molecule has 0 bridgehead atoms. The lowest BCUT2D eigenvalue weighted by Crippen LogP contribution is -2.53. The van der Waals surface area contributed by atoms with Crippen LogP contribution in [0.15, 0.2) is 24.3 Å². The molecule has 1 amide bonds. The Hall–Kier alpha value is -1.55. The maximum Gasteiger partial charge on any atom is 0.237 e. The number of benzene rings is 1. The van der Waals surface area contributed by atoms with Crippen molar-refractivity contribution in [3.05, 3.63) is 29.3 Å². The van der Waals surface area contributed by atoms with Gasteiger partial charge >= 0.3 is 0 Å². The lowest BCUT2D eigenvalue weighted by molar-refractivity contribution is -0.137. The SMILES string of the molecule is CC[C@H](C)N(C(=O)CN1CCN(Cc2nc3ccccc3s2)CC1)[C@H]1CCS(=O)(=O)C1. The first kappa shape index (κ1) is 22.6. The third kappa shape index (κ3) is 5.45. The van der Waals surface area contributed by atoms with Crippen LogP contribution in [0.3, 0.4) is 0 Å². The summed E-state index contributed by atoms with van der Waals surface area (Å²) in [6.07, 6.45) is 1.40. The van der Waals surface area contributed by atoms with Gasteiger partial charge < -0.3 is 4.90 Å². The van der Waals surface area contributed by atoms with Gasteiger partial charge in [-0.2, -0.15) is 0 Å². The van der Waals surface area contributed by atoms with Gasteiger partial charge in [0.05, 0.1) is 34.8 Å². The Bertz CT molecular complexity index is 982. The van der Waals surface area contributed by atoms with Gasteiger partial charge in [-0.3, -0.25) is 14.6 Å². The van der Waals surface area contributed by atoms with Gasteiger partial charge in [0, 0.05) is 38.3 Å². The van der Waals surface area contributed by atoms with Crippen LogP contribution >= 0.6 is 11.3 Å². The van der Waals surface area contributed by atoms with E-state index in [-0.39, 0.29) is 29.5 Å². The summed E-state index contributed by atoms with van der Waals surface area (Å²) in [6.45, 7) is 8.79. The summed E-state index contributed by atoms with van der Waals surface area (Å²) in [7, 11) is -3.01. The molecular weight excluding hydrogens is 432 g/mol. The van der Waals surface area contributed by atoms with Gasteiger partial charge in [0.2, 0.25) is 5.91 Å². The van der Waals surface area contributed by atoms with Gasteiger partial charge in [0.25, 0.3) is 0 Å². The zero-order valence-corrected chi connectivity index (χ0v) is 20.0. The lowest BCUT2D eigenvalue weighted by atomic mass is 10.1. The minimum absolute atomic E-state index is 0.0612. The van der Waals surface area contributed by atoms with E-state index in [9.17, 15) is 13.2 Å². The van der Waals surface area contributed by atoms with Crippen molar-refractivity contribution in [3.63, 3.8) is 0 Å². The monoisotopic (exact) mass is 464 g/mol. The van der Waals surface area contributed by atoms with Crippen molar-refractivity contribution < 1.29 is 13.2 Å². The van der Waals surface area contributed by atoms with Crippen LogP contribution in [-0.2, 0) is 21.2 Å². The van der Waals surface area contributed by atoms with Crippen LogP contribution in [0, 0.1) is 0 Å². The average molecular weight is 465 g/mol. The fourth-order valence-corrected chi connectivity index (χ4v) is 7.28. The maximum atomic E-state index is 13.1. The Morgan fingerprint density at radius 2 is 1.94 bits per heavy atom. The van der Waals surface area contributed by atoms with Crippen molar-refractivity contribution in [2.24, 2.45) is 0 Å². The topological polar surface area (TPSA) is 73.8 Å². The van der Waals surface area contributed by atoms with Crippen molar-refractivity contribution in [2.45, 2.75) is 45.3 Å². The second-order valence-electron chi connectivity index (χ2n) is 8.74. The number of amides is 1. The van der Waals surface area contributed by atoms with Gasteiger partial charge in [-0.05, 0) is 31.9 Å². The molecule has 1 aromatic carbocycles. The number of sulfone groups is 1. The number of carbonyl (C=O) groups is 1. The number of rotatable bonds is 7. The van der Waals surface area contributed by atoms with E-state index in [1.165, 1.54) is 4.70 Å². The summed E-state index contributed by atoms with van der Waals surface area (Å²) < 4.78 is 25.1. The minimum Gasteiger partial charge on any atom is -0.335 e. The van der Waals surface area contributed by atoms with E-state index >= 15 is 0 Å². The molecule has 2 saturated heterocycles. The zero-order valence-electron chi connectivity index (χ0n) is 18.4. The molecule has 2 aliphatic heterocycles. The number of piperazine rings is 1. The van der Waals surface area contributed by atoms with Gasteiger partial charge in [-0.1, -0.05) is 19.1 Å². The third-order valence-electron chi connectivity index (χ3n) is 6.48. The molecule has 2 fully saturated rings. The predicted octanol–water partition coefficient (Wildman–Crippen LogP) is 2.23. The molecule has 9 heteroatoms. The molecule has 0 unspecified atom stereocenters. The number of thiazole rings is 1. The normalized spacial score (nSPS) is 23.2. The fraction of sp³-hybridized carbons (Fsp3) is 0.636. The molecule has 0 N–H and O–H groups in total. The Balaban J connectivity index is 1.31. The summed E-state index contributed by atoms with van der Waals surface area (Å²) in [4.78, 5) is 24.3. The van der Waals surface area contributed by atoms with E-state index in [0.717, 1.165) is 49.7 Å². The van der Waals surface area contributed by atoms with Crippen molar-refractivity contribution in [1.82, 2.24) is 19.7 Å². The predicted molar refractivity (Wildman–Crippen MR) is 125 cm³/mol. The molecule has 0 aliphatic carbocycles. The molecule has 2 atom stereocenters. The first-order chi connectivity index (χ1) is 14.8. The third-order valence-corrected chi connectivity index (χ3v) is 9.25. The largest absolute Gasteiger partial charge is 0.335 e. The Morgan fingerprint density at radius 3 is 2.58 bits per heavy atom. The van der Waals surface area contributed by atoms with E-state index in [0.29, 0.717) is 13.0 Å². The average Bonchev–Trinajstić information content (AvgIpc) is 3.31. The van der Waals surface area contributed by atoms with Crippen molar-refractivity contribution >= 4 is 37.3 Å². The van der Waals surface area contributed by atoms with Crippen LogP contribution in [0.25, 0.3) is 10.2 Å². The van der Waals surface area contributed by atoms with Gasteiger partial charge in [0.1, 0.15) is 5.01 Å². The highest BCUT2D eigenvalue weighted by Gasteiger charge is 2.37. The van der Waals surface area contributed by atoms with Crippen LogP contribution in [-0.4, -0.2) is 90.3 Å². The number of hydrogen-bond donors (Lipinski definition) is 0. The van der Waals surface area contributed by atoms with E-state index in [1.54, 1.807) is 11.3 Å². The summed E-state index contributed by atoms with van der Waals surface area (Å²) >= 11 is 1.75. The van der Waals surface area contributed by atoms with E-state index < -0.39 is 9.84 Å². The first-order valence-electron chi connectivity index (χ1n) is 11.2. The highest BCUT2D eigenvalue weighted by atomic mass is 32.2. The van der Waals surface area contributed by atoms with Crippen LogP contribution in [0.1, 0.15) is 31.7 Å². The van der Waals surface area contributed by atoms with Gasteiger partial charge in [-0.25, -0.2) is 13.4 Å². The smallest absolute Gasteiger partial charge is 0.237 e. The number of para-hydroxylation sites is 1. The van der Waals surface area contributed by atoms with Crippen LogP contribution < -0.4 is 0 Å². The molecule has 2 aliphatic rings. The van der Waals surface area contributed by atoms with Gasteiger partial charge in [0.15, 0.2) is 9.84 Å². The van der Waals surface area contributed by atoms with E-state index in [2.05, 4.69) is 28.9 Å². The molecule has 0 saturated carbocycles. The number of fused-ring (bicyclic) bond motifs is 1. The molecule has 4 rings (SSSR count). The number of nitrogens with zero attached hydrogens (tertiary/aromatic N) is 4. The molecule has 7 nitrogen and oxygen atoms in total. The molecular formula is C22H32N4O3S2. The van der Waals surface area contributed by atoms with Crippen LogP contribution in [0.5, 0.6) is 0 Å². The highest BCUT2D eigenvalue weighted by Crippen LogP contribution is 2.24. The van der Waals surface area contributed by atoms with Crippen molar-refractivity contribution in [3.8, 4) is 0 Å². The summed E-state index contributed by atoms with van der Waals surface area (Å²) in [6, 6.07) is 8.12. The summed E-state index contributed by atoms with van der Waals surface area (Å²) in [5.41, 5.74) is 1.06. The molecule has 0 spiro atoms. The molecule has 1 aromatic heterocycles.